The Kier molecular flexibility index (Phi) is 4.61. The molecule has 1 amide bonds. The lowest BCUT2D eigenvalue weighted by molar-refractivity contribution is -0.122. The minimum absolute atomic E-state index is 0.183. The summed E-state index contributed by atoms with van der Waals surface area (Å²) >= 11 is 0. The molecule has 2 atom stereocenters. The van der Waals surface area contributed by atoms with Crippen LogP contribution in [0.25, 0.3) is 0 Å². The molecule has 116 valence electrons. The first-order chi connectivity index (χ1) is 10.2. The Hall–Kier alpha value is -1.32. The van der Waals surface area contributed by atoms with Crippen LogP contribution in [0.15, 0.2) is 12.4 Å². The summed E-state index contributed by atoms with van der Waals surface area (Å²) in [6, 6.07) is 0. The van der Waals surface area contributed by atoms with Gasteiger partial charge in [-0.05, 0) is 36.7 Å². The average molecular weight is 289 g/mol. The molecular weight excluding hydrogens is 262 g/mol. The molecule has 0 aromatic carbocycles. The number of aromatic nitrogens is 2. The quantitative estimate of drug-likeness (QED) is 0.926. The van der Waals surface area contributed by atoms with Gasteiger partial charge in [0.1, 0.15) is 0 Å². The summed E-state index contributed by atoms with van der Waals surface area (Å²) in [5.41, 5.74) is 1.21. The molecule has 0 saturated heterocycles. The fraction of sp³-hybridized carbons (Fsp3) is 0.765. The molecule has 4 heteroatoms. The average Bonchev–Trinajstić information content (AvgIpc) is 3.13. The predicted octanol–water partition coefficient (Wildman–Crippen LogP) is 3.00. The van der Waals surface area contributed by atoms with Crippen LogP contribution in [0, 0.1) is 11.8 Å². The van der Waals surface area contributed by atoms with Crippen molar-refractivity contribution in [2.75, 3.05) is 6.54 Å². The van der Waals surface area contributed by atoms with E-state index < -0.39 is 0 Å². The number of aryl methyl sites for hydroxylation is 1. The molecule has 1 aromatic heterocycles. The van der Waals surface area contributed by atoms with Crippen molar-refractivity contribution in [1.82, 2.24) is 15.1 Å². The topological polar surface area (TPSA) is 46.9 Å². The highest BCUT2D eigenvalue weighted by Gasteiger charge is 2.44. The maximum Gasteiger partial charge on any atom is 0.223 e. The number of rotatable bonds is 4. The second kappa shape index (κ2) is 6.63. The third-order valence-electron chi connectivity index (χ3n) is 5.07. The van der Waals surface area contributed by atoms with Gasteiger partial charge in [-0.3, -0.25) is 9.48 Å². The van der Waals surface area contributed by atoms with Crippen LogP contribution < -0.4 is 5.32 Å². The number of hydrogen-bond acceptors (Lipinski definition) is 2. The van der Waals surface area contributed by atoms with Crippen LogP contribution in [0.3, 0.4) is 0 Å². The molecule has 0 bridgehead atoms. The molecule has 1 N–H and O–H groups in total. The van der Waals surface area contributed by atoms with Gasteiger partial charge in [0.2, 0.25) is 5.91 Å². The first-order valence-electron chi connectivity index (χ1n) is 8.50. The zero-order chi connectivity index (χ0) is 14.7. The van der Waals surface area contributed by atoms with E-state index in [1.165, 1.54) is 50.5 Å². The monoisotopic (exact) mass is 289 g/mol. The summed E-state index contributed by atoms with van der Waals surface area (Å²) in [5, 5.41) is 7.40. The van der Waals surface area contributed by atoms with Gasteiger partial charge in [-0.15, -0.1) is 0 Å². The smallest absolute Gasteiger partial charge is 0.223 e. The zero-order valence-corrected chi connectivity index (χ0v) is 13.1. The van der Waals surface area contributed by atoms with Gasteiger partial charge in [-0.1, -0.05) is 32.1 Å². The number of nitrogens with zero attached hydrogens (tertiary/aromatic N) is 2. The van der Waals surface area contributed by atoms with Crippen LogP contribution in [0.2, 0.25) is 0 Å². The normalized spacial score (nSPS) is 26.9. The van der Waals surface area contributed by atoms with Crippen molar-refractivity contribution in [3.63, 3.8) is 0 Å². The lowest BCUT2D eigenvalue weighted by Crippen LogP contribution is -2.31. The minimum atomic E-state index is 0.183. The summed E-state index contributed by atoms with van der Waals surface area (Å²) in [5.74, 6) is 1.54. The summed E-state index contributed by atoms with van der Waals surface area (Å²) in [6.07, 6.45) is 14.3. The summed E-state index contributed by atoms with van der Waals surface area (Å²) in [7, 11) is 1.93. The second-order valence-electron chi connectivity index (χ2n) is 6.85. The molecule has 3 rings (SSSR count). The second-order valence-corrected chi connectivity index (χ2v) is 6.85. The third-order valence-corrected chi connectivity index (χ3v) is 5.07. The van der Waals surface area contributed by atoms with Crippen molar-refractivity contribution in [2.24, 2.45) is 18.9 Å². The zero-order valence-electron chi connectivity index (χ0n) is 13.1. The number of hydrogen-bond donors (Lipinski definition) is 1. The highest BCUT2D eigenvalue weighted by Crippen LogP contribution is 2.47. The van der Waals surface area contributed by atoms with Gasteiger partial charge in [0.25, 0.3) is 0 Å². The first-order valence-corrected chi connectivity index (χ1v) is 8.50. The Morgan fingerprint density at radius 1 is 1.29 bits per heavy atom. The van der Waals surface area contributed by atoms with E-state index in [4.69, 9.17) is 0 Å². The van der Waals surface area contributed by atoms with Crippen LogP contribution in [0.4, 0.5) is 0 Å². The van der Waals surface area contributed by atoms with Crippen LogP contribution in [0.1, 0.15) is 62.8 Å². The number of amides is 1. The van der Waals surface area contributed by atoms with Crippen molar-refractivity contribution >= 4 is 5.91 Å². The van der Waals surface area contributed by atoms with Crippen molar-refractivity contribution in [2.45, 2.75) is 57.3 Å². The standard InChI is InChI=1S/C17H27N3O/c1-20-12-14(11-19-20)15-9-16(15)17(21)18-10-13-7-5-3-2-4-6-8-13/h11-13,15-16H,2-10H2,1H3,(H,18,21)/t15-,16+/m0/s1. The van der Waals surface area contributed by atoms with E-state index >= 15 is 0 Å². The van der Waals surface area contributed by atoms with E-state index in [1.54, 1.807) is 0 Å². The Labute approximate surface area is 127 Å². The Morgan fingerprint density at radius 2 is 2.00 bits per heavy atom. The lowest BCUT2D eigenvalue weighted by Gasteiger charge is -2.20. The van der Waals surface area contributed by atoms with E-state index in [9.17, 15) is 4.79 Å². The summed E-state index contributed by atoms with van der Waals surface area (Å²) in [4.78, 5) is 12.3. The van der Waals surface area contributed by atoms with Gasteiger partial charge in [-0.25, -0.2) is 0 Å². The van der Waals surface area contributed by atoms with Crippen molar-refractivity contribution < 1.29 is 4.79 Å². The van der Waals surface area contributed by atoms with Gasteiger partial charge >= 0.3 is 0 Å². The van der Waals surface area contributed by atoms with Gasteiger partial charge in [0.15, 0.2) is 0 Å². The summed E-state index contributed by atoms with van der Waals surface area (Å²) < 4.78 is 1.82. The van der Waals surface area contributed by atoms with Crippen LogP contribution >= 0.6 is 0 Å². The molecule has 0 radical (unpaired) electrons. The van der Waals surface area contributed by atoms with Crippen LogP contribution in [0.5, 0.6) is 0 Å². The molecule has 2 aliphatic carbocycles. The fourth-order valence-corrected chi connectivity index (χ4v) is 3.61. The van der Waals surface area contributed by atoms with Crippen LogP contribution in [-0.4, -0.2) is 22.2 Å². The van der Waals surface area contributed by atoms with E-state index in [2.05, 4.69) is 10.4 Å². The van der Waals surface area contributed by atoms with Crippen LogP contribution in [-0.2, 0) is 11.8 Å². The van der Waals surface area contributed by atoms with E-state index in [-0.39, 0.29) is 11.8 Å². The molecular formula is C17H27N3O. The van der Waals surface area contributed by atoms with Gasteiger partial charge in [0, 0.05) is 25.7 Å². The largest absolute Gasteiger partial charge is 0.356 e. The van der Waals surface area contributed by atoms with Crippen molar-refractivity contribution in [3.05, 3.63) is 18.0 Å². The van der Waals surface area contributed by atoms with Gasteiger partial charge < -0.3 is 5.32 Å². The van der Waals surface area contributed by atoms with E-state index in [0.29, 0.717) is 11.8 Å². The SMILES string of the molecule is Cn1cc([C@@H]2C[C@H]2C(=O)NCC2CCCCCCC2)cn1. The number of carbonyl (C=O) groups is 1. The molecule has 2 saturated carbocycles. The Balaban J connectivity index is 1.42. The molecule has 2 aliphatic rings. The van der Waals surface area contributed by atoms with E-state index in [0.717, 1.165) is 13.0 Å². The molecule has 0 spiro atoms. The molecule has 1 aromatic rings. The predicted molar refractivity (Wildman–Crippen MR) is 82.9 cm³/mol. The molecule has 0 aliphatic heterocycles. The maximum atomic E-state index is 12.3. The fourth-order valence-electron chi connectivity index (χ4n) is 3.61. The Bertz CT molecular complexity index is 474. The van der Waals surface area contributed by atoms with E-state index in [1.807, 2.05) is 24.1 Å². The van der Waals surface area contributed by atoms with Crippen molar-refractivity contribution in [3.8, 4) is 0 Å². The number of nitrogens with one attached hydrogen (secondary N) is 1. The van der Waals surface area contributed by atoms with Gasteiger partial charge in [-0.2, -0.15) is 5.10 Å². The molecule has 1 heterocycles. The molecule has 0 unspecified atom stereocenters. The molecule has 2 fully saturated rings. The maximum absolute atomic E-state index is 12.3. The molecule has 21 heavy (non-hydrogen) atoms. The Morgan fingerprint density at radius 3 is 2.67 bits per heavy atom. The lowest BCUT2D eigenvalue weighted by atomic mass is 9.91. The third kappa shape index (κ3) is 3.86. The minimum Gasteiger partial charge on any atom is -0.356 e. The van der Waals surface area contributed by atoms with Gasteiger partial charge in [0.05, 0.1) is 6.20 Å². The highest BCUT2D eigenvalue weighted by atomic mass is 16.2. The summed E-state index contributed by atoms with van der Waals surface area (Å²) in [6.45, 7) is 0.884. The molecule has 4 nitrogen and oxygen atoms in total. The first kappa shape index (κ1) is 14.6. The number of carbonyl (C=O) groups excluding carboxylic acids is 1. The van der Waals surface area contributed by atoms with Crippen molar-refractivity contribution in [1.29, 1.82) is 0 Å². The highest BCUT2D eigenvalue weighted by molar-refractivity contribution is 5.82.